The van der Waals surface area contributed by atoms with E-state index in [2.05, 4.69) is 10.3 Å². The molecule has 1 aliphatic heterocycles. The lowest BCUT2D eigenvalue weighted by atomic mass is 10.0. The number of hydrogen-bond donors (Lipinski definition) is 2. The molecule has 1 aliphatic rings. The van der Waals surface area contributed by atoms with Crippen molar-refractivity contribution in [2.24, 2.45) is 0 Å². The Labute approximate surface area is 99.1 Å². The second-order valence-electron chi connectivity index (χ2n) is 3.78. The first-order valence-corrected chi connectivity index (χ1v) is 5.38. The highest BCUT2D eigenvalue weighted by atomic mass is 16.4. The monoisotopic (exact) mass is 231 g/mol. The lowest BCUT2D eigenvalue weighted by Gasteiger charge is -2.20. The quantitative estimate of drug-likeness (QED) is 0.802. The van der Waals surface area contributed by atoms with Gasteiger partial charge in [0.25, 0.3) is 0 Å². The maximum atomic E-state index is 9.57. The minimum absolute atomic E-state index is 0.252. The summed E-state index contributed by atoms with van der Waals surface area (Å²) in [6.45, 7) is 3.78. The maximum Gasteiger partial charge on any atom is 0.228 e. The van der Waals surface area contributed by atoms with Crippen LogP contribution in [0.25, 0.3) is 5.57 Å². The Morgan fingerprint density at radius 3 is 3.00 bits per heavy atom. The summed E-state index contributed by atoms with van der Waals surface area (Å²) in [5, 5.41) is 21.2. The van der Waals surface area contributed by atoms with E-state index in [0.29, 0.717) is 11.5 Å². The van der Waals surface area contributed by atoms with Gasteiger partial charge in [0.1, 0.15) is 5.76 Å². The molecule has 2 rings (SSSR count). The van der Waals surface area contributed by atoms with Gasteiger partial charge < -0.3 is 14.8 Å². The largest absolute Gasteiger partial charge is 0.441 e. The molecule has 0 aliphatic carbocycles. The SMILES string of the molecule is CCc1cnc(C2=C(C)NC(O)C(C#N)=C2)o1. The van der Waals surface area contributed by atoms with E-state index in [1.165, 1.54) is 0 Å². The van der Waals surface area contributed by atoms with E-state index in [9.17, 15) is 5.11 Å². The number of nitrogens with zero attached hydrogens (tertiary/aromatic N) is 2. The third-order valence-corrected chi connectivity index (χ3v) is 2.61. The lowest BCUT2D eigenvalue weighted by Crippen LogP contribution is -2.32. The van der Waals surface area contributed by atoms with Gasteiger partial charge in [0.15, 0.2) is 6.23 Å². The number of nitrogens with one attached hydrogen (secondary N) is 1. The number of aliphatic hydroxyl groups excluding tert-OH is 1. The van der Waals surface area contributed by atoms with E-state index in [-0.39, 0.29) is 5.57 Å². The summed E-state index contributed by atoms with van der Waals surface area (Å²) in [5.41, 5.74) is 1.69. The van der Waals surface area contributed by atoms with Crippen molar-refractivity contribution in [3.05, 3.63) is 35.2 Å². The molecule has 88 valence electrons. The molecule has 0 saturated heterocycles. The van der Waals surface area contributed by atoms with Gasteiger partial charge in [0.2, 0.25) is 5.89 Å². The first kappa shape index (κ1) is 11.4. The van der Waals surface area contributed by atoms with Crippen LogP contribution in [0, 0.1) is 11.3 Å². The number of aryl methyl sites for hydroxylation is 1. The van der Waals surface area contributed by atoms with Crippen molar-refractivity contribution in [1.82, 2.24) is 10.3 Å². The number of aliphatic hydroxyl groups is 1. The summed E-state index contributed by atoms with van der Waals surface area (Å²) >= 11 is 0. The molecule has 0 aromatic carbocycles. The zero-order valence-electron chi connectivity index (χ0n) is 9.69. The lowest BCUT2D eigenvalue weighted by molar-refractivity contribution is 0.188. The second-order valence-corrected chi connectivity index (χ2v) is 3.78. The summed E-state index contributed by atoms with van der Waals surface area (Å²) in [4.78, 5) is 4.15. The molecule has 1 atom stereocenters. The Balaban J connectivity index is 2.41. The average molecular weight is 231 g/mol. The Morgan fingerprint density at radius 1 is 1.65 bits per heavy atom. The Hall–Kier alpha value is -2.06. The molecule has 0 spiro atoms. The van der Waals surface area contributed by atoms with Crippen LogP contribution in [0.4, 0.5) is 0 Å². The van der Waals surface area contributed by atoms with Crippen LogP contribution in [0.3, 0.4) is 0 Å². The van der Waals surface area contributed by atoms with Crippen molar-refractivity contribution < 1.29 is 9.52 Å². The minimum atomic E-state index is -0.954. The van der Waals surface area contributed by atoms with Crippen molar-refractivity contribution in [1.29, 1.82) is 5.26 Å². The van der Waals surface area contributed by atoms with E-state index in [4.69, 9.17) is 9.68 Å². The smallest absolute Gasteiger partial charge is 0.228 e. The highest BCUT2D eigenvalue weighted by Crippen LogP contribution is 2.25. The normalized spacial score (nSPS) is 19.6. The average Bonchev–Trinajstić information content (AvgIpc) is 2.78. The summed E-state index contributed by atoms with van der Waals surface area (Å²) in [6, 6.07) is 1.94. The maximum absolute atomic E-state index is 9.57. The molecule has 0 fully saturated rings. The zero-order valence-corrected chi connectivity index (χ0v) is 9.69. The molecule has 1 aromatic heterocycles. The minimum Gasteiger partial charge on any atom is -0.441 e. The molecule has 0 saturated carbocycles. The summed E-state index contributed by atoms with van der Waals surface area (Å²) in [5.74, 6) is 1.25. The summed E-state index contributed by atoms with van der Waals surface area (Å²) in [7, 11) is 0. The molecule has 5 nitrogen and oxygen atoms in total. The topological polar surface area (TPSA) is 82.1 Å². The van der Waals surface area contributed by atoms with Crippen molar-refractivity contribution in [2.45, 2.75) is 26.5 Å². The van der Waals surface area contributed by atoms with Gasteiger partial charge in [-0.25, -0.2) is 4.98 Å². The molecular weight excluding hydrogens is 218 g/mol. The Morgan fingerprint density at radius 2 is 2.41 bits per heavy atom. The van der Waals surface area contributed by atoms with Gasteiger partial charge in [-0.3, -0.25) is 0 Å². The first-order chi connectivity index (χ1) is 8.15. The highest BCUT2D eigenvalue weighted by Gasteiger charge is 2.21. The number of dihydropyridines is 1. The van der Waals surface area contributed by atoms with Crippen LogP contribution >= 0.6 is 0 Å². The predicted molar refractivity (Wildman–Crippen MR) is 61.3 cm³/mol. The summed E-state index contributed by atoms with van der Waals surface area (Å²) in [6.07, 6.45) is 3.08. The Bertz CT molecular complexity index is 534. The second kappa shape index (κ2) is 4.44. The van der Waals surface area contributed by atoms with Crippen LogP contribution in [0.15, 0.2) is 28.0 Å². The fourth-order valence-corrected chi connectivity index (χ4v) is 1.61. The zero-order chi connectivity index (χ0) is 12.4. The molecule has 0 bridgehead atoms. The van der Waals surface area contributed by atoms with Gasteiger partial charge in [-0.1, -0.05) is 6.92 Å². The van der Waals surface area contributed by atoms with E-state index in [1.54, 1.807) is 19.2 Å². The van der Waals surface area contributed by atoms with Gasteiger partial charge in [0.05, 0.1) is 23.4 Å². The van der Waals surface area contributed by atoms with Gasteiger partial charge in [-0.2, -0.15) is 5.26 Å². The van der Waals surface area contributed by atoms with Crippen LogP contribution in [0.5, 0.6) is 0 Å². The molecule has 0 amide bonds. The molecule has 2 heterocycles. The molecule has 1 aromatic rings. The van der Waals surface area contributed by atoms with E-state index < -0.39 is 6.23 Å². The highest BCUT2D eigenvalue weighted by molar-refractivity contribution is 5.74. The molecule has 5 heteroatoms. The van der Waals surface area contributed by atoms with Crippen LogP contribution < -0.4 is 5.32 Å². The van der Waals surface area contributed by atoms with Crippen LogP contribution in [-0.4, -0.2) is 16.3 Å². The molecule has 17 heavy (non-hydrogen) atoms. The fraction of sp³-hybridized carbons (Fsp3) is 0.333. The molecular formula is C12H13N3O2. The third-order valence-electron chi connectivity index (χ3n) is 2.61. The fourth-order valence-electron chi connectivity index (χ4n) is 1.61. The number of hydrogen-bond acceptors (Lipinski definition) is 5. The first-order valence-electron chi connectivity index (χ1n) is 5.38. The number of aromatic nitrogens is 1. The number of allylic oxidation sites excluding steroid dienone is 3. The van der Waals surface area contributed by atoms with Crippen molar-refractivity contribution >= 4 is 5.57 Å². The van der Waals surface area contributed by atoms with Gasteiger partial charge in [0, 0.05) is 12.1 Å². The van der Waals surface area contributed by atoms with Crippen LogP contribution in [-0.2, 0) is 6.42 Å². The van der Waals surface area contributed by atoms with Gasteiger partial charge >= 0.3 is 0 Å². The molecule has 2 N–H and O–H groups in total. The summed E-state index contributed by atoms with van der Waals surface area (Å²) < 4.78 is 5.53. The predicted octanol–water partition coefficient (Wildman–Crippen LogP) is 1.34. The molecule has 0 radical (unpaired) electrons. The van der Waals surface area contributed by atoms with Crippen molar-refractivity contribution in [3.63, 3.8) is 0 Å². The van der Waals surface area contributed by atoms with Crippen molar-refractivity contribution in [2.75, 3.05) is 0 Å². The third kappa shape index (κ3) is 2.08. The van der Waals surface area contributed by atoms with Crippen LogP contribution in [0.1, 0.15) is 25.5 Å². The van der Waals surface area contributed by atoms with E-state index in [0.717, 1.165) is 17.9 Å². The number of oxazole rings is 1. The van der Waals surface area contributed by atoms with E-state index in [1.807, 2.05) is 13.0 Å². The number of rotatable bonds is 2. The Kier molecular flexibility index (Phi) is 2.98. The van der Waals surface area contributed by atoms with Gasteiger partial charge in [-0.15, -0.1) is 0 Å². The van der Waals surface area contributed by atoms with Gasteiger partial charge in [-0.05, 0) is 13.0 Å². The number of nitriles is 1. The molecule has 1 unspecified atom stereocenters. The van der Waals surface area contributed by atoms with Crippen LogP contribution in [0.2, 0.25) is 0 Å². The van der Waals surface area contributed by atoms with E-state index >= 15 is 0 Å². The standard InChI is InChI=1S/C12H13N3O2/c1-3-9-6-14-12(17-9)10-4-8(5-13)11(16)15-7(10)2/h4,6,11,15-16H,3H2,1-2H3. The van der Waals surface area contributed by atoms with Crippen molar-refractivity contribution in [3.8, 4) is 6.07 Å².